The van der Waals surface area contributed by atoms with Crippen molar-refractivity contribution in [1.29, 1.82) is 0 Å². The van der Waals surface area contributed by atoms with Crippen molar-refractivity contribution < 1.29 is 9.47 Å². The molecule has 0 radical (unpaired) electrons. The minimum atomic E-state index is 0.707. The van der Waals surface area contributed by atoms with E-state index in [0.717, 1.165) is 51.0 Å². The van der Waals surface area contributed by atoms with Crippen LogP contribution in [0.2, 0.25) is 0 Å². The first-order valence-electron chi connectivity index (χ1n) is 9.04. The molecule has 1 saturated heterocycles. The van der Waals surface area contributed by atoms with E-state index in [-0.39, 0.29) is 0 Å². The molecule has 0 aromatic heterocycles. The normalized spacial score (nSPS) is 16.7. The lowest BCUT2D eigenvalue weighted by molar-refractivity contribution is 0.121. The second-order valence-electron chi connectivity index (χ2n) is 6.43. The molecule has 1 aliphatic rings. The number of rotatable bonds is 8. The highest BCUT2D eigenvalue weighted by molar-refractivity contribution is 5.79. The van der Waals surface area contributed by atoms with Gasteiger partial charge in [0, 0.05) is 33.8 Å². The highest BCUT2D eigenvalue weighted by atomic mass is 16.5. The molecule has 6 nitrogen and oxygen atoms in total. The molecule has 0 spiro atoms. The van der Waals surface area contributed by atoms with Gasteiger partial charge in [0.05, 0.1) is 13.7 Å². The van der Waals surface area contributed by atoms with Crippen LogP contribution in [0.25, 0.3) is 0 Å². The fourth-order valence-corrected chi connectivity index (χ4v) is 3.03. The monoisotopic (exact) mass is 348 g/mol. The van der Waals surface area contributed by atoms with Crippen LogP contribution in [0, 0.1) is 5.92 Å². The summed E-state index contributed by atoms with van der Waals surface area (Å²) in [4.78, 5) is 6.80. The number of methoxy groups -OCH3 is 2. The molecule has 6 heteroatoms. The van der Waals surface area contributed by atoms with Gasteiger partial charge >= 0.3 is 0 Å². The molecular formula is C19H32N4O2. The number of hydrogen-bond acceptors (Lipinski definition) is 4. The summed E-state index contributed by atoms with van der Waals surface area (Å²) < 4.78 is 10.3. The van der Waals surface area contributed by atoms with Crippen molar-refractivity contribution in [2.45, 2.75) is 19.4 Å². The summed E-state index contributed by atoms with van der Waals surface area (Å²) in [5, 5.41) is 6.83. The van der Waals surface area contributed by atoms with Crippen LogP contribution in [0.4, 0.5) is 0 Å². The molecule has 0 saturated carbocycles. The van der Waals surface area contributed by atoms with Gasteiger partial charge in [0.1, 0.15) is 5.75 Å². The molecule has 0 amide bonds. The second kappa shape index (κ2) is 10.9. The van der Waals surface area contributed by atoms with Gasteiger partial charge in [-0.15, -0.1) is 0 Å². The van der Waals surface area contributed by atoms with E-state index in [0.29, 0.717) is 5.92 Å². The lowest BCUT2D eigenvalue weighted by Gasteiger charge is -2.32. The molecule has 0 atom stereocenters. The first-order valence-corrected chi connectivity index (χ1v) is 9.04. The number of nitrogens with one attached hydrogen (secondary N) is 2. The van der Waals surface area contributed by atoms with E-state index < -0.39 is 0 Å². The molecule has 0 unspecified atom stereocenters. The molecule has 2 N–H and O–H groups in total. The number of ether oxygens (including phenoxy) is 2. The highest BCUT2D eigenvalue weighted by Crippen LogP contribution is 2.16. The largest absolute Gasteiger partial charge is 0.497 e. The first-order chi connectivity index (χ1) is 12.2. The smallest absolute Gasteiger partial charge is 0.191 e. The van der Waals surface area contributed by atoms with Crippen molar-refractivity contribution in [2.24, 2.45) is 10.9 Å². The van der Waals surface area contributed by atoms with Gasteiger partial charge < -0.3 is 25.0 Å². The Balaban J connectivity index is 1.66. The molecule has 1 heterocycles. The zero-order valence-corrected chi connectivity index (χ0v) is 15.8. The lowest BCUT2D eigenvalue weighted by atomic mass is 9.97. The lowest BCUT2D eigenvalue weighted by Crippen LogP contribution is -2.43. The Kier molecular flexibility index (Phi) is 8.55. The van der Waals surface area contributed by atoms with Gasteiger partial charge in [-0.2, -0.15) is 0 Å². The zero-order chi connectivity index (χ0) is 17.9. The van der Waals surface area contributed by atoms with E-state index in [2.05, 4.69) is 32.7 Å². The SMILES string of the molecule is CN=C(NCc1ccc(OC)cc1)NCC1CCN(CCOC)CC1. The maximum absolute atomic E-state index is 5.18. The molecule has 2 rings (SSSR count). The number of piperidine rings is 1. The number of guanidine groups is 1. The molecule has 1 fully saturated rings. The number of benzene rings is 1. The highest BCUT2D eigenvalue weighted by Gasteiger charge is 2.18. The first kappa shape index (κ1) is 19.5. The number of aliphatic imine (C=N–C) groups is 1. The Bertz CT molecular complexity index is 511. The summed E-state index contributed by atoms with van der Waals surface area (Å²) in [5.74, 6) is 2.44. The predicted molar refractivity (Wildman–Crippen MR) is 102 cm³/mol. The molecule has 1 aromatic rings. The maximum atomic E-state index is 5.18. The second-order valence-corrected chi connectivity index (χ2v) is 6.43. The Morgan fingerprint density at radius 2 is 1.88 bits per heavy atom. The van der Waals surface area contributed by atoms with Crippen LogP contribution in [-0.2, 0) is 11.3 Å². The number of hydrogen-bond donors (Lipinski definition) is 2. The summed E-state index contributed by atoms with van der Waals surface area (Å²) in [6.07, 6.45) is 2.46. The summed E-state index contributed by atoms with van der Waals surface area (Å²) >= 11 is 0. The Labute approximate surface area is 151 Å². The molecule has 140 valence electrons. The third-order valence-electron chi connectivity index (χ3n) is 4.72. The van der Waals surface area contributed by atoms with Gasteiger partial charge in [-0.25, -0.2) is 0 Å². The Morgan fingerprint density at radius 3 is 2.48 bits per heavy atom. The molecular weight excluding hydrogens is 316 g/mol. The topological polar surface area (TPSA) is 58.1 Å². The average Bonchev–Trinajstić information content (AvgIpc) is 2.67. The minimum absolute atomic E-state index is 0.707. The van der Waals surface area contributed by atoms with Crippen molar-refractivity contribution in [2.75, 3.05) is 54.1 Å². The van der Waals surface area contributed by atoms with Gasteiger partial charge in [0.25, 0.3) is 0 Å². The van der Waals surface area contributed by atoms with Gasteiger partial charge in [-0.1, -0.05) is 12.1 Å². The number of likely N-dealkylation sites (tertiary alicyclic amines) is 1. The van der Waals surface area contributed by atoms with Crippen LogP contribution in [0.1, 0.15) is 18.4 Å². The summed E-state index contributed by atoms with van der Waals surface area (Å²) in [5.41, 5.74) is 1.20. The summed E-state index contributed by atoms with van der Waals surface area (Å²) in [6.45, 7) is 5.91. The fraction of sp³-hybridized carbons (Fsp3) is 0.632. The van der Waals surface area contributed by atoms with Crippen molar-refractivity contribution in [3.63, 3.8) is 0 Å². The van der Waals surface area contributed by atoms with E-state index >= 15 is 0 Å². The molecule has 1 aromatic carbocycles. The maximum Gasteiger partial charge on any atom is 0.191 e. The fourth-order valence-electron chi connectivity index (χ4n) is 3.03. The van der Waals surface area contributed by atoms with Crippen molar-refractivity contribution >= 4 is 5.96 Å². The van der Waals surface area contributed by atoms with E-state index in [1.165, 1.54) is 18.4 Å². The van der Waals surface area contributed by atoms with E-state index in [9.17, 15) is 0 Å². The third kappa shape index (κ3) is 6.92. The molecule has 1 aliphatic heterocycles. The van der Waals surface area contributed by atoms with Gasteiger partial charge in [0.15, 0.2) is 5.96 Å². The predicted octanol–water partition coefficient (Wildman–Crippen LogP) is 1.72. The summed E-state index contributed by atoms with van der Waals surface area (Å²) in [6, 6.07) is 8.08. The van der Waals surface area contributed by atoms with Gasteiger partial charge in [0.2, 0.25) is 0 Å². The van der Waals surface area contributed by atoms with Gasteiger partial charge in [-0.05, 0) is 49.5 Å². The van der Waals surface area contributed by atoms with Crippen molar-refractivity contribution in [3.05, 3.63) is 29.8 Å². The molecule has 25 heavy (non-hydrogen) atoms. The van der Waals surface area contributed by atoms with Crippen LogP contribution >= 0.6 is 0 Å². The Hall–Kier alpha value is -1.79. The summed E-state index contributed by atoms with van der Waals surface area (Å²) in [7, 11) is 5.26. The van der Waals surface area contributed by atoms with Gasteiger partial charge in [-0.3, -0.25) is 4.99 Å². The average molecular weight is 348 g/mol. The van der Waals surface area contributed by atoms with Crippen LogP contribution in [0.3, 0.4) is 0 Å². The Morgan fingerprint density at radius 1 is 1.16 bits per heavy atom. The van der Waals surface area contributed by atoms with E-state index in [1.807, 2.05) is 19.2 Å². The van der Waals surface area contributed by atoms with Crippen LogP contribution in [-0.4, -0.2) is 64.9 Å². The quantitative estimate of drug-likeness (QED) is 0.553. The van der Waals surface area contributed by atoms with Crippen LogP contribution in [0.5, 0.6) is 5.75 Å². The van der Waals surface area contributed by atoms with Crippen molar-refractivity contribution in [1.82, 2.24) is 15.5 Å². The zero-order valence-electron chi connectivity index (χ0n) is 15.8. The molecule has 0 bridgehead atoms. The number of nitrogens with zero attached hydrogens (tertiary/aromatic N) is 2. The van der Waals surface area contributed by atoms with E-state index in [1.54, 1.807) is 14.2 Å². The van der Waals surface area contributed by atoms with Crippen LogP contribution in [0.15, 0.2) is 29.3 Å². The standard InChI is InChI=1S/C19H32N4O2/c1-20-19(21-14-16-4-6-18(25-3)7-5-16)22-15-17-8-10-23(11-9-17)12-13-24-2/h4-7,17H,8-15H2,1-3H3,(H2,20,21,22). The van der Waals surface area contributed by atoms with Crippen LogP contribution < -0.4 is 15.4 Å². The minimum Gasteiger partial charge on any atom is -0.497 e. The van der Waals surface area contributed by atoms with E-state index in [4.69, 9.17) is 9.47 Å². The molecule has 0 aliphatic carbocycles. The van der Waals surface area contributed by atoms with Crippen molar-refractivity contribution in [3.8, 4) is 5.75 Å². The third-order valence-corrected chi connectivity index (χ3v) is 4.72.